The third-order valence-electron chi connectivity index (χ3n) is 1.90. The fourth-order valence-corrected chi connectivity index (χ4v) is 1.09. The molecule has 1 rings (SSSR count). The topological polar surface area (TPSA) is 12.9 Å². The van der Waals surface area contributed by atoms with Crippen LogP contribution in [0.5, 0.6) is 0 Å². The molecule has 0 fully saturated rings. The summed E-state index contributed by atoms with van der Waals surface area (Å²) in [6.07, 6.45) is 3.24. The summed E-state index contributed by atoms with van der Waals surface area (Å²) in [4.78, 5) is 4.47. The molecule has 1 aromatic rings. The van der Waals surface area contributed by atoms with E-state index in [4.69, 9.17) is 0 Å². The highest BCUT2D eigenvalue weighted by atomic mass is 14.7. The van der Waals surface area contributed by atoms with Gasteiger partial charge in [-0.3, -0.25) is 4.98 Å². The highest BCUT2D eigenvalue weighted by molar-refractivity contribution is 5.21. The van der Waals surface area contributed by atoms with Crippen LogP contribution in [0.15, 0.2) is 12.1 Å². The van der Waals surface area contributed by atoms with E-state index in [2.05, 4.69) is 39.3 Å². The Balaban J connectivity index is 0. The minimum absolute atomic E-state index is 0.490. The molecule has 1 nitrogen and oxygen atoms in total. The molecule has 1 heteroatoms. The van der Waals surface area contributed by atoms with Crippen molar-refractivity contribution in [2.45, 2.75) is 60.8 Å². The van der Waals surface area contributed by atoms with Gasteiger partial charge in [0.15, 0.2) is 0 Å². The van der Waals surface area contributed by atoms with E-state index < -0.39 is 0 Å². The summed E-state index contributed by atoms with van der Waals surface area (Å²) in [5.74, 6) is 0.490. The van der Waals surface area contributed by atoms with E-state index in [0.717, 1.165) is 16.3 Å². The fourth-order valence-electron chi connectivity index (χ4n) is 1.09. The summed E-state index contributed by atoms with van der Waals surface area (Å²) < 4.78 is 0. The van der Waals surface area contributed by atoms with Gasteiger partial charge in [0.2, 0.25) is 0 Å². The number of hydrogen-bond donors (Lipinski definition) is 0. The lowest BCUT2D eigenvalue weighted by Crippen LogP contribution is -2.27. The lowest BCUT2D eigenvalue weighted by atomic mass is 10.1. The zero-order valence-electron chi connectivity index (χ0n) is 12.7. The number of pyridine rings is 1. The molecule has 0 bridgehead atoms. The second-order valence-corrected chi connectivity index (χ2v) is 3.93. The minimum Gasteiger partial charge on any atom is -0.253 e. The summed E-state index contributed by atoms with van der Waals surface area (Å²) in [5, 5.41) is 2.00. The molecule has 1 aromatic heterocycles. The predicted molar refractivity (Wildman–Crippen MR) is 80.6 cm³/mol. The standard InChI is InChI=1S/C11H15N.C3H8.C2H6/c1-5-10-9(4)6-7-11(12-10)8(2)3;1-3-2;1-2/h5-8H,4H2,1-3H3;3H2,1-2H3;1-2H3/b10-5+;;. The number of hydrogen-bond acceptors (Lipinski definition) is 1. The van der Waals surface area contributed by atoms with Crippen LogP contribution in [0.2, 0.25) is 0 Å². The third kappa shape index (κ3) is 7.73. The molecule has 0 radical (unpaired) electrons. The number of nitrogens with zero attached hydrogens (tertiary/aromatic N) is 1. The molecule has 0 amide bonds. The molecular weight excluding hydrogens is 206 g/mol. The predicted octanol–water partition coefficient (Wildman–Crippen LogP) is 3.86. The zero-order chi connectivity index (χ0) is 13.8. The zero-order valence-corrected chi connectivity index (χ0v) is 12.7. The average molecular weight is 235 g/mol. The minimum atomic E-state index is 0.490. The Morgan fingerprint density at radius 2 is 1.71 bits per heavy atom. The maximum atomic E-state index is 4.47. The number of aromatic nitrogens is 1. The van der Waals surface area contributed by atoms with Gasteiger partial charge in [0.05, 0.1) is 5.35 Å². The van der Waals surface area contributed by atoms with Crippen molar-refractivity contribution in [3.63, 3.8) is 0 Å². The van der Waals surface area contributed by atoms with Crippen LogP contribution in [0.3, 0.4) is 0 Å². The Morgan fingerprint density at radius 3 is 2.06 bits per heavy atom. The van der Waals surface area contributed by atoms with Gasteiger partial charge in [-0.15, -0.1) is 0 Å². The Labute approximate surface area is 107 Å². The van der Waals surface area contributed by atoms with Gasteiger partial charge in [0.1, 0.15) is 0 Å². The van der Waals surface area contributed by atoms with E-state index >= 15 is 0 Å². The maximum Gasteiger partial charge on any atom is 0.0656 e. The molecule has 0 N–H and O–H groups in total. The van der Waals surface area contributed by atoms with Crippen LogP contribution in [0.25, 0.3) is 12.7 Å². The quantitative estimate of drug-likeness (QED) is 0.720. The van der Waals surface area contributed by atoms with Gasteiger partial charge in [-0.25, -0.2) is 0 Å². The van der Waals surface area contributed by atoms with Crippen LogP contribution in [-0.4, -0.2) is 4.98 Å². The number of rotatable bonds is 1. The van der Waals surface area contributed by atoms with Crippen molar-refractivity contribution >= 4 is 12.7 Å². The van der Waals surface area contributed by atoms with E-state index in [1.807, 2.05) is 39.0 Å². The van der Waals surface area contributed by atoms with Crippen molar-refractivity contribution in [1.82, 2.24) is 4.98 Å². The van der Waals surface area contributed by atoms with Gasteiger partial charge in [0, 0.05) is 5.69 Å². The first-order chi connectivity index (χ1) is 8.06. The first-order valence-electron chi connectivity index (χ1n) is 6.69. The lowest BCUT2D eigenvalue weighted by molar-refractivity contribution is 0.815. The van der Waals surface area contributed by atoms with Crippen LogP contribution in [-0.2, 0) is 0 Å². The molecule has 98 valence electrons. The Bertz CT molecular complexity index is 377. The molecule has 0 spiro atoms. The molecule has 0 unspecified atom stereocenters. The first-order valence-corrected chi connectivity index (χ1v) is 6.69. The van der Waals surface area contributed by atoms with Crippen molar-refractivity contribution in [1.29, 1.82) is 0 Å². The highest BCUT2D eigenvalue weighted by Crippen LogP contribution is 2.06. The van der Waals surface area contributed by atoms with Crippen LogP contribution in [0.1, 0.15) is 66.5 Å². The van der Waals surface area contributed by atoms with Crippen LogP contribution in [0, 0.1) is 0 Å². The lowest BCUT2D eigenvalue weighted by Gasteiger charge is -2.02. The van der Waals surface area contributed by atoms with Crippen molar-refractivity contribution in [2.75, 3.05) is 0 Å². The molecule has 0 aliphatic heterocycles. The normalized spacial score (nSPS) is 10.2. The summed E-state index contributed by atoms with van der Waals surface area (Å²) in [5.41, 5.74) is 1.13. The third-order valence-corrected chi connectivity index (χ3v) is 1.90. The largest absolute Gasteiger partial charge is 0.253 e. The van der Waals surface area contributed by atoms with Crippen LogP contribution >= 0.6 is 0 Å². The van der Waals surface area contributed by atoms with Crippen molar-refractivity contribution in [3.8, 4) is 0 Å². The van der Waals surface area contributed by atoms with Gasteiger partial charge in [0.25, 0.3) is 0 Å². The SMILES string of the molecule is C=c1ccc(C(C)C)n/c1=C/C.CC.CCC. The monoisotopic (exact) mass is 235 g/mol. The van der Waals surface area contributed by atoms with Gasteiger partial charge in [-0.2, -0.15) is 0 Å². The summed E-state index contributed by atoms with van der Waals surface area (Å²) >= 11 is 0. The van der Waals surface area contributed by atoms with Gasteiger partial charge >= 0.3 is 0 Å². The van der Waals surface area contributed by atoms with E-state index in [9.17, 15) is 0 Å². The van der Waals surface area contributed by atoms with Gasteiger partial charge in [-0.05, 0) is 24.1 Å². The average Bonchev–Trinajstić information content (AvgIpc) is 2.33. The summed E-state index contributed by atoms with van der Waals surface area (Å²) in [6.45, 7) is 18.4. The van der Waals surface area contributed by atoms with Gasteiger partial charge in [-0.1, -0.05) is 66.7 Å². The van der Waals surface area contributed by atoms with Gasteiger partial charge < -0.3 is 0 Å². The second kappa shape index (κ2) is 11.4. The van der Waals surface area contributed by atoms with Crippen molar-refractivity contribution in [2.24, 2.45) is 0 Å². The molecule has 1 heterocycles. The van der Waals surface area contributed by atoms with Crippen molar-refractivity contribution < 1.29 is 0 Å². The highest BCUT2D eigenvalue weighted by Gasteiger charge is 1.98. The van der Waals surface area contributed by atoms with Crippen LogP contribution < -0.4 is 10.6 Å². The molecule has 0 atom stereocenters. The van der Waals surface area contributed by atoms with Crippen molar-refractivity contribution in [3.05, 3.63) is 28.4 Å². The van der Waals surface area contributed by atoms with E-state index in [0.29, 0.717) is 5.92 Å². The van der Waals surface area contributed by atoms with E-state index in [1.54, 1.807) is 0 Å². The Kier molecular flexibility index (Phi) is 12.2. The molecule has 0 saturated carbocycles. The maximum absolute atomic E-state index is 4.47. The first kappa shape index (κ1) is 18.3. The second-order valence-electron chi connectivity index (χ2n) is 3.93. The van der Waals surface area contributed by atoms with E-state index in [1.165, 1.54) is 6.42 Å². The Morgan fingerprint density at radius 1 is 1.24 bits per heavy atom. The summed E-state index contributed by atoms with van der Waals surface area (Å²) in [7, 11) is 0. The molecule has 17 heavy (non-hydrogen) atoms. The molecule has 0 aliphatic carbocycles. The Hall–Kier alpha value is -1.11. The molecule has 0 aliphatic rings. The molecule has 0 aromatic carbocycles. The fraction of sp³-hybridized carbons (Fsp3) is 0.562. The molecular formula is C16H29N. The smallest absolute Gasteiger partial charge is 0.0656 e. The molecule has 0 saturated heterocycles. The van der Waals surface area contributed by atoms with Crippen LogP contribution in [0.4, 0.5) is 0 Å². The van der Waals surface area contributed by atoms with E-state index in [-0.39, 0.29) is 0 Å². The summed E-state index contributed by atoms with van der Waals surface area (Å²) in [6, 6.07) is 4.07.